The lowest BCUT2D eigenvalue weighted by Gasteiger charge is -2.42. The third-order valence-electron chi connectivity index (χ3n) is 3.42. The van der Waals surface area contributed by atoms with Crippen molar-refractivity contribution in [2.45, 2.75) is 31.7 Å². The quantitative estimate of drug-likeness (QED) is 0.670. The molecule has 1 N–H and O–H groups in total. The fourth-order valence-electron chi connectivity index (χ4n) is 2.25. The Morgan fingerprint density at radius 2 is 1.95 bits per heavy atom. The van der Waals surface area contributed by atoms with Crippen LogP contribution in [0.1, 0.15) is 31.7 Å². The number of rotatable bonds is 3. The Morgan fingerprint density at radius 1 is 1.32 bits per heavy atom. The minimum atomic E-state index is -0.879. The largest absolute Gasteiger partial charge is 0.459 e. The van der Waals surface area contributed by atoms with Crippen molar-refractivity contribution >= 4 is 11.9 Å². The van der Waals surface area contributed by atoms with Gasteiger partial charge in [-0.25, -0.2) is 9.18 Å². The zero-order valence-electron chi connectivity index (χ0n) is 10.7. The number of carbonyl (C=O) groups is 2. The van der Waals surface area contributed by atoms with Gasteiger partial charge in [-0.05, 0) is 43.9 Å². The second-order valence-electron chi connectivity index (χ2n) is 4.62. The number of hydrogen-bond acceptors (Lipinski definition) is 3. The Balaban J connectivity index is 2.13. The van der Waals surface area contributed by atoms with Gasteiger partial charge in [-0.1, -0.05) is 12.1 Å². The molecule has 4 nitrogen and oxygen atoms in total. The zero-order chi connectivity index (χ0) is 13.9. The normalized spacial score (nSPS) is 16.3. The molecule has 0 bridgehead atoms. The highest BCUT2D eigenvalue weighted by Crippen LogP contribution is 2.41. The molecule has 0 heterocycles. The Bertz CT molecular complexity index is 480. The standard InChI is InChI=1S/C14H16FNO3/c1-2-19-13(18)12(17)16-14(8-3-9-14)10-4-6-11(15)7-5-10/h4-7H,2-3,8-9H2,1H3,(H,16,17). The number of ether oxygens (including phenoxy) is 1. The van der Waals surface area contributed by atoms with Crippen LogP contribution in [0.15, 0.2) is 24.3 Å². The van der Waals surface area contributed by atoms with E-state index in [1.807, 2.05) is 0 Å². The highest BCUT2D eigenvalue weighted by molar-refractivity contribution is 6.32. The third kappa shape index (κ3) is 2.75. The maximum absolute atomic E-state index is 12.9. The Labute approximate surface area is 110 Å². The van der Waals surface area contributed by atoms with Gasteiger partial charge in [0.05, 0.1) is 12.1 Å². The van der Waals surface area contributed by atoms with Crippen LogP contribution in [0.4, 0.5) is 4.39 Å². The van der Waals surface area contributed by atoms with Gasteiger partial charge >= 0.3 is 11.9 Å². The molecule has 0 spiro atoms. The molecular formula is C14H16FNO3. The van der Waals surface area contributed by atoms with Crippen LogP contribution in [0.25, 0.3) is 0 Å². The van der Waals surface area contributed by atoms with Crippen LogP contribution >= 0.6 is 0 Å². The molecule has 2 rings (SSSR count). The van der Waals surface area contributed by atoms with Crippen LogP contribution in [-0.4, -0.2) is 18.5 Å². The van der Waals surface area contributed by atoms with Crippen LogP contribution in [0.2, 0.25) is 0 Å². The summed E-state index contributed by atoms with van der Waals surface area (Å²) in [4.78, 5) is 23.1. The molecule has 0 saturated heterocycles. The molecule has 1 aromatic carbocycles. The van der Waals surface area contributed by atoms with Gasteiger partial charge in [-0.15, -0.1) is 0 Å². The summed E-state index contributed by atoms with van der Waals surface area (Å²) >= 11 is 0. The first-order valence-electron chi connectivity index (χ1n) is 6.33. The van der Waals surface area contributed by atoms with E-state index in [9.17, 15) is 14.0 Å². The molecule has 5 heteroatoms. The lowest BCUT2D eigenvalue weighted by atomic mass is 9.72. The zero-order valence-corrected chi connectivity index (χ0v) is 10.7. The van der Waals surface area contributed by atoms with Gasteiger partial charge in [0.2, 0.25) is 0 Å². The number of benzene rings is 1. The summed E-state index contributed by atoms with van der Waals surface area (Å²) in [7, 11) is 0. The molecule has 0 radical (unpaired) electrons. The highest BCUT2D eigenvalue weighted by Gasteiger charge is 2.41. The van der Waals surface area contributed by atoms with Crippen LogP contribution in [0.5, 0.6) is 0 Å². The number of carbonyl (C=O) groups excluding carboxylic acids is 2. The predicted molar refractivity (Wildman–Crippen MR) is 66.7 cm³/mol. The third-order valence-corrected chi connectivity index (χ3v) is 3.42. The molecule has 1 saturated carbocycles. The summed E-state index contributed by atoms with van der Waals surface area (Å²) in [5.74, 6) is -1.95. The fourth-order valence-corrected chi connectivity index (χ4v) is 2.25. The van der Waals surface area contributed by atoms with Crippen molar-refractivity contribution < 1.29 is 18.7 Å². The summed E-state index contributed by atoms with van der Waals surface area (Å²) in [5.41, 5.74) is 0.259. The summed E-state index contributed by atoms with van der Waals surface area (Å²) in [5, 5.41) is 2.71. The number of esters is 1. The topological polar surface area (TPSA) is 55.4 Å². The molecule has 0 aromatic heterocycles. The molecule has 1 aliphatic rings. The molecule has 1 amide bonds. The van der Waals surface area contributed by atoms with Crippen molar-refractivity contribution in [1.29, 1.82) is 0 Å². The van der Waals surface area contributed by atoms with Gasteiger partial charge in [0, 0.05) is 0 Å². The number of amides is 1. The van der Waals surface area contributed by atoms with Crippen LogP contribution in [0.3, 0.4) is 0 Å². The van der Waals surface area contributed by atoms with E-state index in [1.165, 1.54) is 12.1 Å². The fraction of sp³-hybridized carbons (Fsp3) is 0.429. The van der Waals surface area contributed by atoms with E-state index in [0.29, 0.717) is 0 Å². The summed E-state index contributed by atoms with van der Waals surface area (Å²) in [6.07, 6.45) is 2.44. The summed E-state index contributed by atoms with van der Waals surface area (Å²) in [6.45, 7) is 1.81. The minimum absolute atomic E-state index is 0.163. The molecule has 19 heavy (non-hydrogen) atoms. The van der Waals surface area contributed by atoms with Gasteiger partial charge < -0.3 is 10.1 Å². The number of halogens is 1. The lowest BCUT2D eigenvalue weighted by molar-refractivity contribution is -0.156. The van der Waals surface area contributed by atoms with E-state index >= 15 is 0 Å². The van der Waals surface area contributed by atoms with E-state index < -0.39 is 17.4 Å². The van der Waals surface area contributed by atoms with Crippen molar-refractivity contribution in [2.75, 3.05) is 6.61 Å². The average Bonchev–Trinajstić information content (AvgIpc) is 2.35. The molecule has 1 aliphatic carbocycles. The molecule has 0 atom stereocenters. The Morgan fingerprint density at radius 3 is 2.42 bits per heavy atom. The first-order chi connectivity index (χ1) is 9.07. The first kappa shape index (κ1) is 13.5. The molecule has 102 valence electrons. The number of nitrogens with one attached hydrogen (secondary N) is 1. The molecule has 1 aromatic rings. The first-order valence-corrected chi connectivity index (χ1v) is 6.33. The van der Waals surface area contributed by atoms with E-state index in [2.05, 4.69) is 10.1 Å². The van der Waals surface area contributed by atoms with Crippen molar-refractivity contribution in [3.63, 3.8) is 0 Å². The van der Waals surface area contributed by atoms with E-state index in [1.54, 1.807) is 19.1 Å². The molecule has 0 unspecified atom stereocenters. The van der Waals surface area contributed by atoms with E-state index in [-0.39, 0.29) is 12.4 Å². The second kappa shape index (κ2) is 5.38. The van der Waals surface area contributed by atoms with Gasteiger partial charge in [-0.3, -0.25) is 4.79 Å². The monoisotopic (exact) mass is 265 g/mol. The van der Waals surface area contributed by atoms with Crippen molar-refractivity contribution in [3.8, 4) is 0 Å². The van der Waals surface area contributed by atoms with Crippen molar-refractivity contribution in [1.82, 2.24) is 5.32 Å². The van der Waals surface area contributed by atoms with Crippen LogP contribution in [0, 0.1) is 5.82 Å². The summed E-state index contributed by atoms with van der Waals surface area (Å²) < 4.78 is 17.6. The number of hydrogen-bond donors (Lipinski definition) is 1. The SMILES string of the molecule is CCOC(=O)C(=O)NC1(c2ccc(F)cc2)CCC1. The predicted octanol–water partition coefficient (Wildman–Crippen LogP) is 1.88. The maximum Gasteiger partial charge on any atom is 0.396 e. The second-order valence-corrected chi connectivity index (χ2v) is 4.62. The summed E-state index contributed by atoms with van der Waals surface area (Å²) in [6, 6.07) is 5.98. The molecule has 0 aliphatic heterocycles. The van der Waals surface area contributed by atoms with E-state index in [0.717, 1.165) is 24.8 Å². The lowest BCUT2D eigenvalue weighted by Crippen LogP contribution is -2.53. The van der Waals surface area contributed by atoms with Crippen molar-refractivity contribution in [2.24, 2.45) is 0 Å². The Hall–Kier alpha value is -1.91. The van der Waals surface area contributed by atoms with Gasteiger partial charge in [-0.2, -0.15) is 0 Å². The molecular weight excluding hydrogens is 249 g/mol. The minimum Gasteiger partial charge on any atom is -0.459 e. The van der Waals surface area contributed by atoms with Gasteiger partial charge in [0.15, 0.2) is 0 Å². The van der Waals surface area contributed by atoms with Crippen LogP contribution in [-0.2, 0) is 19.9 Å². The smallest absolute Gasteiger partial charge is 0.396 e. The van der Waals surface area contributed by atoms with Gasteiger partial charge in [0.1, 0.15) is 5.82 Å². The maximum atomic E-state index is 12.9. The average molecular weight is 265 g/mol. The van der Waals surface area contributed by atoms with Crippen LogP contribution < -0.4 is 5.32 Å². The Kier molecular flexibility index (Phi) is 3.83. The highest BCUT2D eigenvalue weighted by atomic mass is 19.1. The molecule has 1 fully saturated rings. The van der Waals surface area contributed by atoms with E-state index in [4.69, 9.17) is 0 Å². The van der Waals surface area contributed by atoms with Crippen molar-refractivity contribution in [3.05, 3.63) is 35.6 Å². The van der Waals surface area contributed by atoms with Gasteiger partial charge in [0.25, 0.3) is 0 Å².